The van der Waals surface area contributed by atoms with Gasteiger partial charge in [0, 0.05) is 6.54 Å². The molecule has 0 saturated carbocycles. The molecule has 1 fully saturated rings. The lowest BCUT2D eigenvalue weighted by molar-refractivity contribution is -0.0724. The van der Waals surface area contributed by atoms with Crippen LogP contribution in [0.1, 0.15) is 20.8 Å². The highest BCUT2D eigenvalue weighted by Crippen LogP contribution is 2.09. The molecule has 1 rings (SSSR count). The molecule has 0 aromatic rings. The van der Waals surface area contributed by atoms with Crippen LogP contribution >= 0.6 is 0 Å². The summed E-state index contributed by atoms with van der Waals surface area (Å²) in [7, 11) is 2.12. The van der Waals surface area contributed by atoms with Crippen molar-refractivity contribution >= 4 is 0 Å². The zero-order valence-corrected chi connectivity index (χ0v) is 9.17. The van der Waals surface area contributed by atoms with Crippen molar-refractivity contribution in [2.75, 3.05) is 33.4 Å². The first kappa shape index (κ1) is 11.0. The van der Waals surface area contributed by atoms with Crippen molar-refractivity contribution < 1.29 is 9.47 Å². The summed E-state index contributed by atoms with van der Waals surface area (Å²) in [6.07, 6.45) is 0. The van der Waals surface area contributed by atoms with E-state index in [9.17, 15) is 0 Å². The summed E-state index contributed by atoms with van der Waals surface area (Å²) in [4.78, 5) is 2.30. The molecule has 0 amide bonds. The van der Waals surface area contributed by atoms with E-state index in [1.807, 2.05) is 0 Å². The quantitative estimate of drug-likeness (QED) is 0.658. The highest BCUT2D eigenvalue weighted by atomic mass is 16.5. The van der Waals surface area contributed by atoms with E-state index in [0.29, 0.717) is 6.04 Å². The van der Waals surface area contributed by atoms with Gasteiger partial charge in [-0.3, -0.25) is 4.90 Å². The van der Waals surface area contributed by atoms with E-state index in [2.05, 4.69) is 32.7 Å². The van der Waals surface area contributed by atoms with Gasteiger partial charge >= 0.3 is 0 Å². The minimum Gasteiger partial charge on any atom is -0.378 e. The lowest BCUT2D eigenvalue weighted by Crippen LogP contribution is -2.48. The normalized spacial score (nSPS) is 19.2. The van der Waals surface area contributed by atoms with Gasteiger partial charge in [-0.25, -0.2) is 0 Å². The number of nitrogens with zero attached hydrogens (tertiary/aromatic N) is 1. The molecule has 0 bridgehead atoms. The van der Waals surface area contributed by atoms with Crippen LogP contribution in [0.4, 0.5) is 0 Å². The second-order valence-electron chi connectivity index (χ2n) is 4.63. The summed E-state index contributed by atoms with van der Waals surface area (Å²) in [5.41, 5.74) is -0.0169. The van der Waals surface area contributed by atoms with Crippen molar-refractivity contribution in [2.45, 2.75) is 32.4 Å². The second kappa shape index (κ2) is 4.40. The van der Waals surface area contributed by atoms with Crippen LogP contribution in [-0.4, -0.2) is 50.0 Å². The van der Waals surface area contributed by atoms with Gasteiger partial charge in [0.15, 0.2) is 0 Å². The van der Waals surface area contributed by atoms with Gasteiger partial charge in [-0.1, -0.05) is 0 Å². The molecule has 0 aromatic heterocycles. The molecule has 3 heteroatoms. The van der Waals surface area contributed by atoms with E-state index in [4.69, 9.17) is 9.47 Å². The van der Waals surface area contributed by atoms with Crippen LogP contribution in [0.15, 0.2) is 0 Å². The van der Waals surface area contributed by atoms with Crippen molar-refractivity contribution in [2.24, 2.45) is 0 Å². The summed E-state index contributed by atoms with van der Waals surface area (Å²) in [5, 5.41) is 0. The number of ether oxygens (including phenoxy) is 2. The fraction of sp³-hybridized carbons (Fsp3) is 1.00. The fourth-order valence-corrected chi connectivity index (χ4v) is 1.16. The maximum Gasteiger partial charge on any atom is 0.0645 e. The maximum absolute atomic E-state index is 5.64. The molecule has 0 radical (unpaired) electrons. The molecular formula is C10H21NO2. The molecule has 0 aromatic carbocycles. The Bertz CT molecular complexity index is 149. The maximum atomic E-state index is 5.64. The molecule has 0 atom stereocenters. The highest BCUT2D eigenvalue weighted by molar-refractivity contribution is 4.74. The lowest BCUT2D eigenvalue weighted by Gasteiger charge is -2.35. The standard InChI is InChI=1S/C10H21NO2/c1-10(2,3)13-6-5-11(4)9-7-12-8-9/h9H,5-8H2,1-4H3. The summed E-state index contributed by atoms with van der Waals surface area (Å²) < 4.78 is 10.8. The van der Waals surface area contributed by atoms with Crippen LogP contribution in [0.3, 0.4) is 0 Å². The van der Waals surface area contributed by atoms with Gasteiger partial charge in [0.05, 0.1) is 31.5 Å². The molecule has 0 spiro atoms. The van der Waals surface area contributed by atoms with Crippen LogP contribution in [0.2, 0.25) is 0 Å². The monoisotopic (exact) mass is 187 g/mol. The average molecular weight is 187 g/mol. The Hall–Kier alpha value is -0.120. The summed E-state index contributed by atoms with van der Waals surface area (Å²) in [6, 6.07) is 0.614. The Kier molecular flexibility index (Phi) is 3.71. The van der Waals surface area contributed by atoms with E-state index in [1.165, 1.54) is 0 Å². The molecule has 0 aliphatic carbocycles. The van der Waals surface area contributed by atoms with Gasteiger partial charge in [0.2, 0.25) is 0 Å². The van der Waals surface area contributed by atoms with Crippen molar-refractivity contribution in [1.82, 2.24) is 4.90 Å². The molecular weight excluding hydrogens is 166 g/mol. The third-order valence-corrected chi connectivity index (χ3v) is 2.22. The summed E-state index contributed by atoms with van der Waals surface area (Å²) in [6.45, 7) is 9.80. The first-order valence-corrected chi connectivity index (χ1v) is 4.91. The largest absolute Gasteiger partial charge is 0.378 e. The number of hydrogen-bond acceptors (Lipinski definition) is 3. The average Bonchev–Trinajstić information content (AvgIpc) is 1.79. The Balaban J connectivity index is 2.04. The van der Waals surface area contributed by atoms with E-state index >= 15 is 0 Å². The van der Waals surface area contributed by atoms with Crippen molar-refractivity contribution in [3.8, 4) is 0 Å². The SMILES string of the molecule is CN(CCOC(C)(C)C)C1COC1. The summed E-state index contributed by atoms with van der Waals surface area (Å²) >= 11 is 0. The number of likely N-dealkylation sites (N-methyl/N-ethyl adjacent to an activating group) is 1. The van der Waals surface area contributed by atoms with Crippen LogP contribution in [0.25, 0.3) is 0 Å². The molecule has 1 aliphatic rings. The number of hydrogen-bond donors (Lipinski definition) is 0. The Morgan fingerprint density at radius 1 is 1.38 bits per heavy atom. The first-order valence-electron chi connectivity index (χ1n) is 4.91. The predicted molar refractivity (Wildman–Crippen MR) is 52.9 cm³/mol. The molecule has 0 N–H and O–H groups in total. The van der Waals surface area contributed by atoms with Crippen LogP contribution in [0, 0.1) is 0 Å². The van der Waals surface area contributed by atoms with Gasteiger partial charge in [0.1, 0.15) is 0 Å². The molecule has 1 saturated heterocycles. The molecule has 1 heterocycles. The molecule has 13 heavy (non-hydrogen) atoms. The zero-order chi connectivity index (χ0) is 9.90. The molecule has 3 nitrogen and oxygen atoms in total. The van der Waals surface area contributed by atoms with Crippen molar-refractivity contribution in [1.29, 1.82) is 0 Å². The van der Waals surface area contributed by atoms with E-state index < -0.39 is 0 Å². The van der Waals surface area contributed by atoms with E-state index in [0.717, 1.165) is 26.4 Å². The van der Waals surface area contributed by atoms with Gasteiger partial charge in [-0.2, -0.15) is 0 Å². The van der Waals surface area contributed by atoms with Gasteiger partial charge < -0.3 is 9.47 Å². The van der Waals surface area contributed by atoms with E-state index in [-0.39, 0.29) is 5.60 Å². The highest BCUT2D eigenvalue weighted by Gasteiger charge is 2.22. The van der Waals surface area contributed by atoms with Gasteiger partial charge in [-0.15, -0.1) is 0 Å². The minimum absolute atomic E-state index is 0.0169. The van der Waals surface area contributed by atoms with Crippen molar-refractivity contribution in [3.63, 3.8) is 0 Å². The smallest absolute Gasteiger partial charge is 0.0645 e. The third-order valence-electron chi connectivity index (χ3n) is 2.22. The second-order valence-corrected chi connectivity index (χ2v) is 4.63. The molecule has 1 aliphatic heterocycles. The molecule has 78 valence electrons. The van der Waals surface area contributed by atoms with E-state index in [1.54, 1.807) is 0 Å². The topological polar surface area (TPSA) is 21.7 Å². The Morgan fingerprint density at radius 2 is 2.00 bits per heavy atom. The Labute approximate surface area is 81.0 Å². The predicted octanol–water partition coefficient (Wildman–Crippen LogP) is 1.13. The first-order chi connectivity index (χ1) is 5.99. The third kappa shape index (κ3) is 4.07. The lowest BCUT2D eigenvalue weighted by atomic mass is 10.2. The summed E-state index contributed by atoms with van der Waals surface area (Å²) in [5.74, 6) is 0. The zero-order valence-electron chi connectivity index (χ0n) is 9.17. The number of rotatable bonds is 4. The van der Waals surface area contributed by atoms with Gasteiger partial charge in [0.25, 0.3) is 0 Å². The fourth-order valence-electron chi connectivity index (χ4n) is 1.16. The van der Waals surface area contributed by atoms with Gasteiger partial charge in [-0.05, 0) is 27.8 Å². The van der Waals surface area contributed by atoms with Crippen LogP contribution in [-0.2, 0) is 9.47 Å². The van der Waals surface area contributed by atoms with Crippen molar-refractivity contribution in [3.05, 3.63) is 0 Å². The Morgan fingerprint density at radius 3 is 2.38 bits per heavy atom. The van der Waals surface area contributed by atoms with Crippen LogP contribution < -0.4 is 0 Å². The minimum atomic E-state index is -0.0169. The molecule has 0 unspecified atom stereocenters. The van der Waals surface area contributed by atoms with Crippen LogP contribution in [0.5, 0.6) is 0 Å².